The normalized spacial score (nSPS) is 16.4. The van der Waals surface area contributed by atoms with Gasteiger partial charge in [-0.25, -0.2) is 0 Å². The van der Waals surface area contributed by atoms with Gasteiger partial charge in [0.1, 0.15) is 36.1 Å². The van der Waals surface area contributed by atoms with E-state index in [1.165, 1.54) is 7.11 Å². The molecule has 0 unspecified atom stereocenters. The predicted molar refractivity (Wildman–Crippen MR) is 136 cm³/mol. The summed E-state index contributed by atoms with van der Waals surface area (Å²) in [6, 6.07) is 11.3. The minimum Gasteiger partial charge on any atom is -0.497 e. The maximum atomic E-state index is 11.9. The van der Waals surface area contributed by atoms with Gasteiger partial charge in [0.2, 0.25) is 0 Å². The number of methoxy groups -OCH3 is 3. The molecule has 36 heavy (non-hydrogen) atoms. The van der Waals surface area contributed by atoms with E-state index in [9.17, 15) is 4.79 Å². The molecule has 0 amide bonds. The van der Waals surface area contributed by atoms with Crippen LogP contribution in [0.3, 0.4) is 0 Å². The molecule has 4 rings (SSSR count). The van der Waals surface area contributed by atoms with E-state index in [1.807, 2.05) is 45.9 Å². The molecule has 0 radical (unpaired) electrons. The van der Waals surface area contributed by atoms with Crippen molar-refractivity contribution in [1.82, 2.24) is 0 Å². The summed E-state index contributed by atoms with van der Waals surface area (Å²) in [4.78, 5) is 11.9. The number of esters is 1. The molecule has 3 aromatic rings. The van der Waals surface area contributed by atoms with E-state index < -0.39 is 18.3 Å². The molecule has 0 spiro atoms. The van der Waals surface area contributed by atoms with E-state index in [-0.39, 0.29) is 19.0 Å². The lowest BCUT2D eigenvalue weighted by Crippen LogP contribution is -2.41. The van der Waals surface area contributed by atoms with Gasteiger partial charge in [-0.1, -0.05) is 12.1 Å². The first kappa shape index (κ1) is 26.1. The van der Waals surface area contributed by atoms with Gasteiger partial charge >= 0.3 is 13.1 Å². The molecule has 8 nitrogen and oxygen atoms in total. The summed E-state index contributed by atoms with van der Waals surface area (Å²) >= 11 is 0. The van der Waals surface area contributed by atoms with Gasteiger partial charge in [-0.05, 0) is 51.5 Å². The Balaban J connectivity index is 1.69. The molecular formula is C27H33BO8. The van der Waals surface area contributed by atoms with Crippen molar-refractivity contribution in [2.45, 2.75) is 58.5 Å². The molecule has 1 aromatic heterocycles. The first-order chi connectivity index (χ1) is 17.1. The fourth-order valence-electron chi connectivity index (χ4n) is 4.07. The van der Waals surface area contributed by atoms with Crippen LogP contribution in [0.2, 0.25) is 0 Å². The summed E-state index contributed by atoms with van der Waals surface area (Å²) < 4.78 is 40.4. The molecular weight excluding hydrogens is 463 g/mol. The number of furan rings is 1. The molecule has 0 atom stereocenters. The molecule has 0 aliphatic carbocycles. The van der Waals surface area contributed by atoms with Crippen molar-refractivity contribution in [2.24, 2.45) is 0 Å². The molecule has 2 aromatic carbocycles. The summed E-state index contributed by atoms with van der Waals surface area (Å²) in [5, 5.41) is 0.897. The van der Waals surface area contributed by atoms with E-state index in [1.54, 1.807) is 32.4 Å². The van der Waals surface area contributed by atoms with Gasteiger partial charge in [0.15, 0.2) is 0 Å². The zero-order valence-electron chi connectivity index (χ0n) is 21.9. The van der Waals surface area contributed by atoms with Gasteiger partial charge in [-0.3, -0.25) is 4.79 Å². The summed E-state index contributed by atoms with van der Waals surface area (Å²) in [5.41, 5.74) is 2.08. The highest BCUT2D eigenvalue weighted by molar-refractivity contribution is 6.64. The fourth-order valence-corrected chi connectivity index (χ4v) is 4.07. The number of carbonyl (C=O) groups excluding carboxylic acids is 1. The number of carbonyl (C=O) groups is 1. The number of rotatable bonds is 9. The zero-order valence-corrected chi connectivity index (χ0v) is 21.9. The third-order valence-corrected chi connectivity index (χ3v) is 6.78. The smallest absolute Gasteiger partial charge is 0.497 e. The lowest BCUT2D eigenvalue weighted by atomic mass is 9.77. The fraction of sp³-hybridized carbons (Fsp3) is 0.444. The van der Waals surface area contributed by atoms with Gasteiger partial charge < -0.3 is 32.7 Å². The van der Waals surface area contributed by atoms with Crippen molar-refractivity contribution in [1.29, 1.82) is 0 Å². The molecule has 2 heterocycles. The second-order valence-corrected chi connectivity index (χ2v) is 9.85. The van der Waals surface area contributed by atoms with Gasteiger partial charge in [-0.15, -0.1) is 0 Å². The van der Waals surface area contributed by atoms with Gasteiger partial charge in [-0.2, -0.15) is 0 Å². The Morgan fingerprint density at radius 2 is 1.67 bits per heavy atom. The van der Waals surface area contributed by atoms with Crippen LogP contribution in [0.4, 0.5) is 0 Å². The van der Waals surface area contributed by atoms with E-state index in [2.05, 4.69) is 0 Å². The Kier molecular flexibility index (Phi) is 7.36. The summed E-state index contributed by atoms with van der Waals surface area (Å²) in [6.07, 6.45) is 0.0934. The SMILES string of the molecule is COCc1cc2cc(COc3cc(OC)ccc3CC(=O)OC)cc(B3OC(C)(C)C(C)(C)O3)c2o1. The molecule has 1 aliphatic rings. The van der Waals surface area contributed by atoms with Gasteiger partial charge in [0.05, 0.1) is 31.8 Å². The number of fused-ring (bicyclic) bond motifs is 1. The highest BCUT2D eigenvalue weighted by atomic mass is 16.7. The van der Waals surface area contributed by atoms with Gasteiger partial charge in [0, 0.05) is 29.6 Å². The Morgan fingerprint density at radius 1 is 0.944 bits per heavy atom. The van der Waals surface area contributed by atoms with Crippen molar-refractivity contribution in [3.63, 3.8) is 0 Å². The Bertz CT molecular complexity index is 1230. The Labute approximate surface area is 211 Å². The molecule has 0 N–H and O–H groups in total. The van der Waals surface area contributed by atoms with Crippen LogP contribution in [0.5, 0.6) is 11.5 Å². The number of hydrogen-bond donors (Lipinski definition) is 0. The van der Waals surface area contributed by atoms with Gasteiger partial charge in [0.25, 0.3) is 0 Å². The van der Waals surface area contributed by atoms with Crippen LogP contribution in [-0.2, 0) is 43.2 Å². The van der Waals surface area contributed by atoms with Crippen molar-refractivity contribution < 1.29 is 37.5 Å². The number of benzene rings is 2. The quantitative estimate of drug-likeness (QED) is 0.322. The topological polar surface area (TPSA) is 85.6 Å². The maximum Gasteiger partial charge on any atom is 0.498 e. The molecule has 0 saturated carbocycles. The van der Waals surface area contributed by atoms with Crippen LogP contribution < -0.4 is 14.9 Å². The third kappa shape index (κ3) is 5.23. The van der Waals surface area contributed by atoms with Crippen molar-refractivity contribution in [2.75, 3.05) is 21.3 Å². The minimum absolute atomic E-state index is 0.0934. The lowest BCUT2D eigenvalue weighted by molar-refractivity contribution is -0.139. The van der Waals surface area contributed by atoms with Crippen LogP contribution in [0.15, 0.2) is 40.8 Å². The highest BCUT2D eigenvalue weighted by Crippen LogP contribution is 2.37. The van der Waals surface area contributed by atoms with Crippen molar-refractivity contribution in [3.05, 3.63) is 53.3 Å². The van der Waals surface area contributed by atoms with Crippen LogP contribution in [0.1, 0.15) is 44.6 Å². The zero-order chi connectivity index (χ0) is 26.1. The standard InChI is InChI=1S/C27H33BO8/c1-26(2)27(3,4)36-28(35-26)22-11-17(10-19-12-21(16-30-5)34-25(19)22)15-33-23-14-20(31-6)9-8-18(23)13-24(29)32-7/h8-12,14H,13,15-16H2,1-7H3. The predicted octanol–water partition coefficient (Wildman–Crippen LogP) is 4.18. The second kappa shape index (κ2) is 10.2. The van der Waals surface area contributed by atoms with Crippen LogP contribution in [0, 0.1) is 0 Å². The van der Waals surface area contributed by atoms with Crippen LogP contribution in [0.25, 0.3) is 11.0 Å². The monoisotopic (exact) mass is 496 g/mol. The van der Waals surface area contributed by atoms with Crippen LogP contribution >= 0.6 is 0 Å². The summed E-state index contributed by atoms with van der Waals surface area (Å²) in [5.74, 6) is 1.53. The first-order valence-corrected chi connectivity index (χ1v) is 11.8. The average Bonchev–Trinajstić information content (AvgIpc) is 3.33. The first-order valence-electron chi connectivity index (χ1n) is 11.8. The lowest BCUT2D eigenvalue weighted by Gasteiger charge is -2.32. The van der Waals surface area contributed by atoms with E-state index in [4.69, 9.17) is 32.7 Å². The summed E-state index contributed by atoms with van der Waals surface area (Å²) in [6.45, 7) is 8.66. The molecule has 0 bridgehead atoms. The molecule has 1 aliphatic heterocycles. The van der Waals surface area contributed by atoms with Crippen molar-refractivity contribution >= 4 is 29.5 Å². The average molecular weight is 496 g/mol. The van der Waals surface area contributed by atoms with E-state index in [0.717, 1.165) is 16.4 Å². The Hall–Kier alpha value is -3.01. The third-order valence-electron chi connectivity index (χ3n) is 6.78. The second-order valence-electron chi connectivity index (χ2n) is 9.85. The molecule has 1 fully saturated rings. The number of hydrogen-bond acceptors (Lipinski definition) is 8. The summed E-state index contributed by atoms with van der Waals surface area (Å²) in [7, 11) is 3.97. The Morgan fingerprint density at radius 3 is 2.31 bits per heavy atom. The largest absolute Gasteiger partial charge is 0.498 e. The molecule has 9 heteroatoms. The minimum atomic E-state index is -0.606. The maximum absolute atomic E-state index is 11.9. The van der Waals surface area contributed by atoms with E-state index >= 15 is 0 Å². The molecule has 192 valence electrons. The van der Waals surface area contributed by atoms with E-state index in [0.29, 0.717) is 35.0 Å². The van der Waals surface area contributed by atoms with Crippen LogP contribution in [-0.4, -0.2) is 45.6 Å². The highest BCUT2D eigenvalue weighted by Gasteiger charge is 2.52. The van der Waals surface area contributed by atoms with Crippen molar-refractivity contribution in [3.8, 4) is 11.5 Å². The number of ether oxygens (including phenoxy) is 4. The molecule has 1 saturated heterocycles.